The van der Waals surface area contributed by atoms with Gasteiger partial charge in [0.05, 0.1) is 22.9 Å². The first-order valence-corrected chi connectivity index (χ1v) is 9.12. The Morgan fingerprint density at radius 1 is 1.23 bits per heavy atom. The van der Waals surface area contributed by atoms with Crippen LogP contribution in [-0.2, 0) is 4.74 Å². The SMILES string of the molecule is Clc1cccc2sc(N3CCCC(N4CCOCC4)C3)nc12. The van der Waals surface area contributed by atoms with Gasteiger partial charge in [0.1, 0.15) is 5.52 Å². The molecule has 118 valence electrons. The van der Waals surface area contributed by atoms with Crippen molar-refractivity contribution in [3.8, 4) is 0 Å². The van der Waals surface area contributed by atoms with Crippen LogP contribution < -0.4 is 4.90 Å². The zero-order valence-electron chi connectivity index (χ0n) is 12.5. The van der Waals surface area contributed by atoms with E-state index in [1.165, 1.54) is 17.5 Å². The molecule has 2 fully saturated rings. The molecule has 1 aromatic carbocycles. The maximum absolute atomic E-state index is 6.26. The highest BCUT2D eigenvalue weighted by molar-refractivity contribution is 7.22. The van der Waals surface area contributed by atoms with Crippen LogP contribution in [0.2, 0.25) is 5.02 Å². The molecule has 2 aromatic rings. The van der Waals surface area contributed by atoms with Gasteiger partial charge in [-0.05, 0) is 25.0 Å². The predicted octanol–water partition coefficient (Wildman–Crippen LogP) is 3.25. The molecule has 0 radical (unpaired) electrons. The molecular formula is C16H20ClN3OS. The lowest BCUT2D eigenvalue weighted by Crippen LogP contribution is -2.51. The monoisotopic (exact) mass is 337 g/mol. The molecule has 0 saturated carbocycles. The molecule has 0 aliphatic carbocycles. The number of anilines is 1. The van der Waals surface area contributed by atoms with E-state index in [1.54, 1.807) is 11.3 Å². The third-order valence-electron chi connectivity index (χ3n) is 4.59. The number of morpholine rings is 1. The second-order valence-corrected chi connectivity index (χ2v) is 7.39. The van der Waals surface area contributed by atoms with E-state index in [9.17, 15) is 0 Å². The van der Waals surface area contributed by atoms with Gasteiger partial charge < -0.3 is 9.64 Å². The van der Waals surface area contributed by atoms with Crippen molar-refractivity contribution in [3.05, 3.63) is 23.2 Å². The van der Waals surface area contributed by atoms with Gasteiger partial charge in [-0.2, -0.15) is 0 Å². The highest BCUT2D eigenvalue weighted by Gasteiger charge is 2.28. The van der Waals surface area contributed by atoms with Gasteiger partial charge in [0.2, 0.25) is 0 Å². The molecule has 1 atom stereocenters. The molecule has 0 bridgehead atoms. The Balaban J connectivity index is 1.54. The predicted molar refractivity (Wildman–Crippen MR) is 92.3 cm³/mol. The van der Waals surface area contributed by atoms with E-state index < -0.39 is 0 Å². The minimum atomic E-state index is 0.625. The van der Waals surface area contributed by atoms with Crippen LogP contribution in [0.15, 0.2) is 18.2 Å². The van der Waals surface area contributed by atoms with Gasteiger partial charge in [0.15, 0.2) is 5.13 Å². The number of ether oxygens (including phenoxy) is 1. The Morgan fingerprint density at radius 2 is 2.09 bits per heavy atom. The smallest absolute Gasteiger partial charge is 0.186 e. The topological polar surface area (TPSA) is 28.6 Å². The van der Waals surface area contributed by atoms with Crippen molar-refractivity contribution in [2.45, 2.75) is 18.9 Å². The van der Waals surface area contributed by atoms with E-state index in [4.69, 9.17) is 21.3 Å². The zero-order chi connectivity index (χ0) is 14.9. The summed E-state index contributed by atoms with van der Waals surface area (Å²) >= 11 is 8.02. The van der Waals surface area contributed by atoms with E-state index in [0.29, 0.717) is 6.04 Å². The van der Waals surface area contributed by atoms with Crippen molar-refractivity contribution in [2.75, 3.05) is 44.3 Å². The average Bonchev–Trinajstić information content (AvgIpc) is 3.02. The Kier molecular flexibility index (Phi) is 4.22. The second kappa shape index (κ2) is 6.32. The summed E-state index contributed by atoms with van der Waals surface area (Å²) in [6, 6.07) is 6.64. The van der Waals surface area contributed by atoms with Crippen LogP contribution in [0.3, 0.4) is 0 Å². The molecule has 2 aliphatic heterocycles. The molecule has 2 saturated heterocycles. The molecule has 4 nitrogen and oxygen atoms in total. The summed E-state index contributed by atoms with van der Waals surface area (Å²) < 4.78 is 6.65. The van der Waals surface area contributed by atoms with Crippen LogP contribution in [0.5, 0.6) is 0 Å². The molecule has 4 rings (SSSR count). The van der Waals surface area contributed by atoms with Gasteiger partial charge in [0.25, 0.3) is 0 Å². The van der Waals surface area contributed by atoms with Gasteiger partial charge in [-0.15, -0.1) is 0 Å². The number of rotatable bonds is 2. The summed E-state index contributed by atoms with van der Waals surface area (Å²) in [4.78, 5) is 9.80. The molecule has 3 heterocycles. The third-order valence-corrected chi connectivity index (χ3v) is 5.97. The lowest BCUT2D eigenvalue weighted by molar-refractivity contribution is 0.0137. The summed E-state index contributed by atoms with van der Waals surface area (Å²) in [5.41, 5.74) is 0.942. The third kappa shape index (κ3) is 2.83. The summed E-state index contributed by atoms with van der Waals surface area (Å²) in [5.74, 6) is 0. The van der Waals surface area contributed by atoms with Crippen molar-refractivity contribution < 1.29 is 4.74 Å². The van der Waals surface area contributed by atoms with Gasteiger partial charge in [-0.25, -0.2) is 4.98 Å². The van der Waals surface area contributed by atoms with Crippen LogP contribution in [-0.4, -0.2) is 55.3 Å². The Labute approximate surface area is 139 Å². The van der Waals surface area contributed by atoms with Crippen LogP contribution in [0, 0.1) is 0 Å². The van der Waals surface area contributed by atoms with Crippen LogP contribution in [0.25, 0.3) is 10.2 Å². The first-order valence-electron chi connectivity index (χ1n) is 7.93. The van der Waals surface area contributed by atoms with E-state index in [0.717, 1.165) is 55.1 Å². The lowest BCUT2D eigenvalue weighted by Gasteiger charge is -2.40. The molecule has 6 heteroatoms. The van der Waals surface area contributed by atoms with Gasteiger partial charge in [-0.1, -0.05) is 29.0 Å². The Hall–Kier alpha value is -0.880. The van der Waals surface area contributed by atoms with Crippen molar-refractivity contribution in [3.63, 3.8) is 0 Å². The van der Waals surface area contributed by atoms with Crippen molar-refractivity contribution in [1.29, 1.82) is 0 Å². The average molecular weight is 338 g/mol. The van der Waals surface area contributed by atoms with Crippen molar-refractivity contribution in [2.24, 2.45) is 0 Å². The van der Waals surface area contributed by atoms with Gasteiger partial charge in [-0.3, -0.25) is 4.90 Å². The Bertz CT molecular complexity index is 656. The zero-order valence-corrected chi connectivity index (χ0v) is 14.1. The van der Waals surface area contributed by atoms with E-state index in [2.05, 4.69) is 15.9 Å². The van der Waals surface area contributed by atoms with E-state index in [-0.39, 0.29) is 0 Å². The number of thiazole rings is 1. The number of hydrogen-bond donors (Lipinski definition) is 0. The number of hydrogen-bond acceptors (Lipinski definition) is 5. The highest BCUT2D eigenvalue weighted by atomic mass is 35.5. The van der Waals surface area contributed by atoms with Gasteiger partial charge >= 0.3 is 0 Å². The molecule has 0 amide bonds. The molecule has 1 aromatic heterocycles. The normalized spacial score (nSPS) is 24.0. The summed E-state index contributed by atoms with van der Waals surface area (Å²) in [7, 11) is 0. The molecule has 2 aliphatic rings. The number of para-hydroxylation sites is 1. The minimum absolute atomic E-state index is 0.625. The fraction of sp³-hybridized carbons (Fsp3) is 0.562. The van der Waals surface area contributed by atoms with E-state index >= 15 is 0 Å². The van der Waals surface area contributed by atoms with Gasteiger partial charge in [0, 0.05) is 32.2 Å². The number of fused-ring (bicyclic) bond motifs is 1. The summed E-state index contributed by atoms with van der Waals surface area (Å²) in [6.45, 7) is 6.02. The van der Waals surface area contributed by atoms with Crippen molar-refractivity contribution >= 4 is 38.3 Å². The standard InChI is InChI=1S/C16H20ClN3OS/c17-13-4-1-5-14-15(13)18-16(22-14)20-6-2-3-12(11-20)19-7-9-21-10-8-19/h1,4-5,12H,2-3,6-11H2. The minimum Gasteiger partial charge on any atom is -0.379 e. The first-order chi connectivity index (χ1) is 10.8. The van der Waals surface area contributed by atoms with E-state index in [1.807, 2.05) is 12.1 Å². The number of aromatic nitrogens is 1. The van der Waals surface area contributed by atoms with Crippen molar-refractivity contribution in [1.82, 2.24) is 9.88 Å². The number of nitrogens with zero attached hydrogens (tertiary/aromatic N) is 3. The van der Waals surface area contributed by atoms with Crippen LogP contribution in [0.4, 0.5) is 5.13 Å². The number of benzene rings is 1. The quantitative estimate of drug-likeness (QED) is 0.841. The number of halogens is 1. The fourth-order valence-electron chi connectivity index (χ4n) is 3.41. The largest absolute Gasteiger partial charge is 0.379 e. The van der Waals surface area contributed by atoms with Crippen LogP contribution in [0.1, 0.15) is 12.8 Å². The number of piperidine rings is 1. The maximum Gasteiger partial charge on any atom is 0.186 e. The summed E-state index contributed by atoms with van der Waals surface area (Å²) in [6.07, 6.45) is 2.51. The fourth-order valence-corrected chi connectivity index (χ4v) is 4.71. The molecule has 0 N–H and O–H groups in total. The molecule has 0 spiro atoms. The maximum atomic E-state index is 6.26. The molecule has 1 unspecified atom stereocenters. The van der Waals surface area contributed by atoms with Crippen LogP contribution >= 0.6 is 22.9 Å². The highest BCUT2D eigenvalue weighted by Crippen LogP contribution is 2.34. The first kappa shape index (κ1) is 14.7. The molecule has 22 heavy (non-hydrogen) atoms. The molecular weight excluding hydrogens is 318 g/mol. The lowest BCUT2D eigenvalue weighted by atomic mass is 10.0. The summed E-state index contributed by atoms with van der Waals surface area (Å²) in [5, 5.41) is 1.86. The Morgan fingerprint density at radius 3 is 2.91 bits per heavy atom. The second-order valence-electron chi connectivity index (χ2n) is 5.97.